The van der Waals surface area contributed by atoms with Gasteiger partial charge in [0.2, 0.25) is 0 Å². The minimum atomic E-state index is -0.453. The van der Waals surface area contributed by atoms with Gasteiger partial charge in [-0.15, -0.1) is 0 Å². The largest absolute Gasteiger partial charge is 0.504 e. The zero-order chi connectivity index (χ0) is 21.2. The Hall–Kier alpha value is -2.49. The number of esters is 1. The molecule has 1 aromatic rings. The number of aliphatic hydroxyl groups is 1. The molecule has 1 aliphatic rings. The SMILES string of the molecule is CC1=C(O)/C(=C/[C@H](C)CCC/C(C)=C/CC/C(C)=C/CCc2ccoc2)OC1=O. The van der Waals surface area contributed by atoms with Gasteiger partial charge in [-0.25, -0.2) is 4.79 Å². The van der Waals surface area contributed by atoms with Gasteiger partial charge in [0.1, 0.15) is 0 Å². The van der Waals surface area contributed by atoms with Gasteiger partial charge in [-0.3, -0.25) is 0 Å². The monoisotopic (exact) mass is 398 g/mol. The number of allylic oxidation sites excluding steroid dienone is 5. The summed E-state index contributed by atoms with van der Waals surface area (Å²) >= 11 is 0. The van der Waals surface area contributed by atoms with Gasteiger partial charge in [-0.2, -0.15) is 0 Å². The summed E-state index contributed by atoms with van der Waals surface area (Å²) in [5, 5.41) is 9.88. The molecule has 1 aliphatic heterocycles. The molecule has 4 heteroatoms. The predicted molar refractivity (Wildman–Crippen MR) is 116 cm³/mol. The second kappa shape index (κ2) is 11.5. The van der Waals surface area contributed by atoms with Gasteiger partial charge in [0.15, 0.2) is 11.5 Å². The van der Waals surface area contributed by atoms with Gasteiger partial charge in [-0.05, 0) is 89.3 Å². The fourth-order valence-corrected chi connectivity index (χ4v) is 3.33. The Morgan fingerprint density at radius 2 is 1.90 bits per heavy atom. The Kier molecular flexibility index (Phi) is 9.04. The Morgan fingerprint density at radius 3 is 2.55 bits per heavy atom. The molecule has 2 rings (SSSR count). The maximum Gasteiger partial charge on any atom is 0.343 e. The van der Waals surface area contributed by atoms with Crippen molar-refractivity contribution in [2.45, 2.75) is 72.6 Å². The van der Waals surface area contributed by atoms with Crippen molar-refractivity contribution >= 4 is 5.97 Å². The highest BCUT2D eigenvalue weighted by molar-refractivity contribution is 5.93. The quantitative estimate of drug-likeness (QED) is 0.323. The summed E-state index contributed by atoms with van der Waals surface area (Å²) in [5.74, 6) is 0.0815. The Bertz CT molecular complexity index is 791. The van der Waals surface area contributed by atoms with E-state index >= 15 is 0 Å². The van der Waals surface area contributed by atoms with Crippen molar-refractivity contribution in [1.82, 2.24) is 0 Å². The smallest absolute Gasteiger partial charge is 0.343 e. The molecule has 0 spiro atoms. The molecule has 1 atom stereocenters. The first-order valence-electron chi connectivity index (χ1n) is 10.5. The number of rotatable bonds is 11. The van der Waals surface area contributed by atoms with Crippen molar-refractivity contribution in [2.24, 2.45) is 5.92 Å². The Labute approximate surface area is 174 Å². The first-order valence-corrected chi connectivity index (χ1v) is 10.5. The summed E-state index contributed by atoms with van der Waals surface area (Å²) in [6.07, 6.45) is 17.4. The van der Waals surface area contributed by atoms with E-state index in [4.69, 9.17) is 9.15 Å². The van der Waals surface area contributed by atoms with Crippen LogP contribution in [-0.2, 0) is 16.0 Å². The van der Waals surface area contributed by atoms with Crippen LogP contribution in [0.2, 0.25) is 0 Å². The van der Waals surface area contributed by atoms with Gasteiger partial charge in [0.25, 0.3) is 0 Å². The molecule has 1 aromatic heterocycles. The summed E-state index contributed by atoms with van der Waals surface area (Å²) in [7, 11) is 0. The van der Waals surface area contributed by atoms with E-state index in [1.807, 2.05) is 18.4 Å². The van der Waals surface area contributed by atoms with E-state index in [-0.39, 0.29) is 17.3 Å². The van der Waals surface area contributed by atoms with E-state index < -0.39 is 5.97 Å². The molecule has 0 aromatic carbocycles. The van der Waals surface area contributed by atoms with Crippen LogP contribution >= 0.6 is 0 Å². The van der Waals surface area contributed by atoms with Crippen LogP contribution in [0.4, 0.5) is 0 Å². The van der Waals surface area contributed by atoms with Crippen molar-refractivity contribution in [2.75, 3.05) is 0 Å². The highest BCUT2D eigenvalue weighted by atomic mass is 16.6. The Morgan fingerprint density at radius 1 is 1.17 bits per heavy atom. The topological polar surface area (TPSA) is 59.7 Å². The number of aliphatic hydroxyl groups excluding tert-OH is 1. The van der Waals surface area contributed by atoms with E-state index in [9.17, 15) is 9.90 Å². The lowest BCUT2D eigenvalue weighted by Crippen LogP contribution is -1.97. The van der Waals surface area contributed by atoms with Crippen LogP contribution in [0.3, 0.4) is 0 Å². The van der Waals surface area contributed by atoms with Crippen molar-refractivity contribution in [3.63, 3.8) is 0 Å². The number of carbonyl (C=O) groups excluding carboxylic acids is 1. The Balaban J connectivity index is 1.63. The lowest BCUT2D eigenvalue weighted by molar-refractivity contribution is -0.133. The standard InChI is InChI=1S/C25H34O4/c1-18(8-5-9-19(2)11-7-13-22-14-15-28-17-22)10-6-12-20(3)16-23-24(26)21(4)25(27)29-23/h8,11,14-17,20,26H,5-7,9-10,12-13H2,1-4H3/b18-8+,19-11+,23-16-/t20-/m1/s1. The molecule has 0 saturated heterocycles. The fraction of sp³-hybridized carbons (Fsp3) is 0.480. The second-order valence-electron chi connectivity index (χ2n) is 8.07. The second-order valence-corrected chi connectivity index (χ2v) is 8.07. The number of aryl methyl sites for hydroxylation is 1. The molecule has 0 bridgehead atoms. The van der Waals surface area contributed by atoms with Gasteiger partial charge < -0.3 is 14.3 Å². The van der Waals surface area contributed by atoms with Gasteiger partial charge in [0, 0.05) is 0 Å². The van der Waals surface area contributed by atoms with Crippen LogP contribution in [-0.4, -0.2) is 11.1 Å². The molecule has 4 nitrogen and oxygen atoms in total. The molecular weight excluding hydrogens is 364 g/mol. The van der Waals surface area contributed by atoms with Crippen LogP contribution < -0.4 is 0 Å². The van der Waals surface area contributed by atoms with Gasteiger partial charge >= 0.3 is 5.97 Å². The van der Waals surface area contributed by atoms with Crippen molar-refractivity contribution in [3.05, 3.63) is 70.6 Å². The average Bonchev–Trinajstić information content (AvgIpc) is 3.27. The number of hydrogen-bond acceptors (Lipinski definition) is 4. The van der Waals surface area contributed by atoms with E-state index in [1.165, 1.54) is 16.7 Å². The van der Waals surface area contributed by atoms with Gasteiger partial charge in [0.05, 0.1) is 18.1 Å². The number of hydrogen-bond donors (Lipinski definition) is 1. The highest BCUT2D eigenvalue weighted by Crippen LogP contribution is 2.26. The van der Waals surface area contributed by atoms with Crippen LogP contribution in [0.1, 0.15) is 71.8 Å². The van der Waals surface area contributed by atoms with E-state index in [0.29, 0.717) is 5.76 Å². The first-order chi connectivity index (χ1) is 13.9. The van der Waals surface area contributed by atoms with Gasteiger partial charge in [-0.1, -0.05) is 30.2 Å². The molecule has 1 N–H and O–H groups in total. The molecule has 2 heterocycles. The molecule has 158 valence electrons. The molecular formula is C25H34O4. The highest BCUT2D eigenvalue weighted by Gasteiger charge is 2.26. The fourth-order valence-electron chi connectivity index (χ4n) is 3.33. The first kappa shape index (κ1) is 22.8. The van der Waals surface area contributed by atoms with E-state index in [2.05, 4.69) is 32.9 Å². The minimum absolute atomic E-state index is 0.0221. The predicted octanol–water partition coefficient (Wildman–Crippen LogP) is 6.96. The molecule has 0 fully saturated rings. The number of carbonyl (C=O) groups is 1. The van der Waals surface area contributed by atoms with Crippen LogP contribution in [0.25, 0.3) is 0 Å². The summed E-state index contributed by atoms with van der Waals surface area (Å²) in [6, 6.07) is 2.02. The third-order valence-corrected chi connectivity index (χ3v) is 5.30. The normalized spacial score (nSPS) is 17.9. The molecule has 0 aliphatic carbocycles. The zero-order valence-electron chi connectivity index (χ0n) is 18.2. The lowest BCUT2D eigenvalue weighted by atomic mass is 9.99. The van der Waals surface area contributed by atoms with Crippen molar-refractivity contribution in [3.8, 4) is 0 Å². The third-order valence-electron chi connectivity index (χ3n) is 5.30. The summed E-state index contributed by atoms with van der Waals surface area (Å²) in [5.41, 5.74) is 4.39. The number of furan rings is 1. The minimum Gasteiger partial charge on any atom is -0.504 e. The van der Waals surface area contributed by atoms with Crippen LogP contribution in [0.5, 0.6) is 0 Å². The molecule has 0 radical (unpaired) electrons. The van der Waals surface area contributed by atoms with Crippen molar-refractivity contribution in [1.29, 1.82) is 0 Å². The number of ether oxygens (including phenoxy) is 1. The summed E-state index contributed by atoms with van der Waals surface area (Å²) in [6.45, 7) is 8.05. The number of cyclic esters (lactones) is 1. The molecule has 0 unspecified atom stereocenters. The maximum atomic E-state index is 11.4. The van der Waals surface area contributed by atoms with E-state index in [1.54, 1.807) is 13.2 Å². The maximum absolute atomic E-state index is 11.4. The van der Waals surface area contributed by atoms with Crippen LogP contribution in [0, 0.1) is 5.92 Å². The summed E-state index contributed by atoms with van der Waals surface area (Å²) in [4.78, 5) is 11.4. The van der Waals surface area contributed by atoms with E-state index in [0.717, 1.165) is 44.9 Å². The average molecular weight is 399 g/mol. The zero-order valence-corrected chi connectivity index (χ0v) is 18.2. The van der Waals surface area contributed by atoms with Crippen molar-refractivity contribution < 1.29 is 19.1 Å². The molecule has 0 saturated carbocycles. The summed E-state index contributed by atoms with van der Waals surface area (Å²) < 4.78 is 10.2. The third kappa shape index (κ3) is 7.80. The molecule has 29 heavy (non-hydrogen) atoms. The molecule has 0 amide bonds. The van der Waals surface area contributed by atoms with Crippen LogP contribution in [0.15, 0.2) is 69.5 Å². The lowest BCUT2D eigenvalue weighted by Gasteiger charge is -2.08.